The first-order valence-electron chi connectivity index (χ1n) is 6.33. The minimum atomic E-state index is -0.255. The standard InChI is InChI=1S/C16H17BrFNO/c1-10-8-12(20-3)5-6-13(10)16(19-2)11-4-7-15(18)14(17)9-11/h4-9,16,19H,1-3H3. The molecule has 0 heterocycles. The molecule has 2 aromatic carbocycles. The van der Waals surface area contributed by atoms with Gasteiger partial charge < -0.3 is 10.1 Å². The molecule has 2 aromatic rings. The van der Waals surface area contributed by atoms with Gasteiger partial charge in [0.2, 0.25) is 0 Å². The Morgan fingerprint density at radius 3 is 2.50 bits per heavy atom. The Morgan fingerprint density at radius 2 is 1.95 bits per heavy atom. The molecule has 0 aliphatic rings. The molecule has 106 valence electrons. The fraction of sp³-hybridized carbons (Fsp3) is 0.250. The summed E-state index contributed by atoms with van der Waals surface area (Å²) in [6.07, 6.45) is 0. The van der Waals surface area contributed by atoms with Crippen LogP contribution in [0.5, 0.6) is 5.75 Å². The summed E-state index contributed by atoms with van der Waals surface area (Å²) in [6.45, 7) is 2.04. The molecule has 0 aromatic heterocycles. The van der Waals surface area contributed by atoms with Crippen LogP contribution in [-0.4, -0.2) is 14.2 Å². The molecule has 1 N–H and O–H groups in total. The summed E-state index contributed by atoms with van der Waals surface area (Å²) in [5.74, 6) is 0.580. The number of ether oxygens (including phenoxy) is 1. The lowest BCUT2D eigenvalue weighted by Crippen LogP contribution is -2.18. The van der Waals surface area contributed by atoms with Crippen molar-refractivity contribution in [2.45, 2.75) is 13.0 Å². The van der Waals surface area contributed by atoms with Crippen molar-refractivity contribution >= 4 is 15.9 Å². The molecule has 20 heavy (non-hydrogen) atoms. The van der Waals surface area contributed by atoms with Crippen molar-refractivity contribution in [1.29, 1.82) is 0 Å². The van der Waals surface area contributed by atoms with Crippen LogP contribution >= 0.6 is 15.9 Å². The Morgan fingerprint density at radius 1 is 1.20 bits per heavy atom. The minimum absolute atomic E-state index is 0.0119. The van der Waals surface area contributed by atoms with Crippen molar-refractivity contribution in [2.75, 3.05) is 14.2 Å². The van der Waals surface area contributed by atoms with Gasteiger partial charge in [-0.25, -0.2) is 4.39 Å². The van der Waals surface area contributed by atoms with E-state index in [-0.39, 0.29) is 11.9 Å². The van der Waals surface area contributed by atoms with Crippen LogP contribution in [0, 0.1) is 12.7 Å². The molecule has 2 nitrogen and oxygen atoms in total. The van der Waals surface area contributed by atoms with Crippen LogP contribution in [0.25, 0.3) is 0 Å². The molecular formula is C16H17BrFNO. The third kappa shape index (κ3) is 3.02. The summed E-state index contributed by atoms with van der Waals surface area (Å²) in [4.78, 5) is 0. The fourth-order valence-corrected chi connectivity index (χ4v) is 2.69. The zero-order valence-electron chi connectivity index (χ0n) is 11.7. The van der Waals surface area contributed by atoms with Crippen LogP contribution in [0.3, 0.4) is 0 Å². The Labute approximate surface area is 127 Å². The van der Waals surface area contributed by atoms with Crippen LogP contribution in [0.4, 0.5) is 4.39 Å². The van der Waals surface area contributed by atoms with Crippen LogP contribution in [0.2, 0.25) is 0 Å². The number of methoxy groups -OCH3 is 1. The smallest absolute Gasteiger partial charge is 0.137 e. The van der Waals surface area contributed by atoms with E-state index in [9.17, 15) is 4.39 Å². The van der Waals surface area contributed by atoms with Gasteiger partial charge in [-0.15, -0.1) is 0 Å². The van der Waals surface area contributed by atoms with Crippen LogP contribution in [0.15, 0.2) is 40.9 Å². The van der Waals surface area contributed by atoms with E-state index in [4.69, 9.17) is 4.74 Å². The van der Waals surface area contributed by atoms with Gasteiger partial charge in [-0.2, -0.15) is 0 Å². The van der Waals surface area contributed by atoms with E-state index in [1.54, 1.807) is 19.2 Å². The normalized spacial score (nSPS) is 12.2. The van der Waals surface area contributed by atoms with Gasteiger partial charge in [-0.05, 0) is 70.9 Å². The Balaban J connectivity index is 2.43. The minimum Gasteiger partial charge on any atom is -0.497 e. The number of nitrogens with one attached hydrogen (secondary N) is 1. The molecule has 4 heteroatoms. The molecule has 1 atom stereocenters. The van der Waals surface area contributed by atoms with E-state index in [2.05, 4.69) is 21.2 Å². The van der Waals surface area contributed by atoms with E-state index in [1.165, 1.54) is 6.07 Å². The van der Waals surface area contributed by atoms with Gasteiger partial charge in [0.1, 0.15) is 11.6 Å². The van der Waals surface area contributed by atoms with Crippen molar-refractivity contribution < 1.29 is 9.13 Å². The lowest BCUT2D eigenvalue weighted by molar-refractivity contribution is 0.414. The summed E-state index contributed by atoms with van der Waals surface area (Å²) in [5, 5.41) is 3.28. The van der Waals surface area contributed by atoms with Gasteiger partial charge in [0.05, 0.1) is 17.6 Å². The Bertz CT molecular complexity index is 615. The van der Waals surface area contributed by atoms with E-state index in [1.807, 2.05) is 32.2 Å². The number of hydrogen-bond donors (Lipinski definition) is 1. The fourth-order valence-electron chi connectivity index (χ4n) is 2.29. The van der Waals surface area contributed by atoms with Crippen molar-refractivity contribution in [3.63, 3.8) is 0 Å². The molecule has 2 rings (SSSR count). The van der Waals surface area contributed by atoms with Gasteiger partial charge in [-0.1, -0.05) is 12.1 Å². The van der Waals surface area contributed by atoms with E-state index >= 15 is 0 Å². The molecule has 0 fully saturated rings. The summed E-state index contributed by atoms with van der Waals surface area (Å²) >= 11 is 3.23. The highest BCUT2D eigenvalue weighted by Crippen LogP contribution is 2.29. The number of hydrogen-bond acceptors (Lipinski definition) is 2. The molecule has 0 saturated heterocycles. The maximum absolute atomic E-state index is 13.4. The monoisotopic (exact) mass is 337 g/mol. The Kier molecular flexibility index (Phi) is 4.78. The van der Waals surface area contributed by atoms with E-state index in [0.717, 1.165) is 22.4 Å². The maximum Gasteiger partial charge on any atom is 0.137 e. The van der Waals surface area contributed by atoms with Crippen LogP contribution in [-0.2, 0) is 0 Å². The zero-order valence-corrected chi connectivity index (χ0v) is 13.3. The molecule has 0 saturated carbocycles. The average Bonchev–Trinajstić information content (AvgIpc) is 2.45. The predicted molar refractivity (Wildman–Crippen MR) is 82.7 cm³/mol. The van der Waals surface area contributed by atoms with Gasteiger partial charge in [0.25, 0.3) is 0 Å². The first-order valence-corrected chi connectivity index (χ1v) is 7.13. The second kappa shape index (κ2) is 6.37. The van der Waals surface area contributed by atoms with Gasteiger partial charge in [0.15, 0.2) is 0 Å². The quantitative estimate of drug-likeness (QED) is 0.902. The van der Waals surface area contributed by atoms with Gasteiger partial charge in [0, 0.05) is 0 Å². The molecule has 0 radical (unpaired) electrons. The average molecular weight is 338 g/mol. The molecule has 0 aliphatic carbocycles. The van der Waals surface area contributed by atoms with Gasteiger partial charge >= 0.3 is 0 Å². The lowest BCUT2D eigenvalue weighted by Gasteiger charge is -2.20. The molecule has 1 unspecified atom stereocenters. The predicted octanol–water partition coefficient (Wildman–Crippen LogP) is 4.21. The third-order valence-corrected chi connectivity index (χ3v) is 3.96. The molecule has 0 amide bonds. The first-order chi connectivity index (χ1) is 9.56. The van der Waals surface area contributed by atoms with Crippen molar-refractivity contribution in [2.24, 2.45) is 0 Å². The highest BCUT2D eigenvalue weighted by Gasteiger charge is 2.16. The second-order valence-corrected chi connectivity index (χ2v) is 5.47. The summed E-state index contributed by atoms with van der Waals surface area (Å²) in [7, 11) is 3.55. The van der Waals surface area contributed by atoms with Crippen molar-refractivity contribution in [3.8, 4) is 5.75 Å². The van der Waals surface area contributed by atoms with E-state index < -0.39 is 0 Å². The SMILES string of the molecule is CNC(c1ccc(F)c(Br)c1)c1ccc(OC)cc1C. The third-order valence-electron chi connectivity index (χ3n) is 3.35. The van der Waals surface area contributed by atoms with Crippen molar-refractivity contribution in [1.82, 2.24) is 5.32 Å². The van der Waals surface area contributed by atoms with E-state index in [0.29, 0.717) is 4.47 Å². The number of benzene rings is 2. The largest absolute Gasteiger partial charge is 0.497 e. The number of aryl methyl sites for hydroxylation is 1. The highest BCUT2D eigenvalue weighted by atomic mass is 79.9. The molecular weight excluding hydrogens is 321 g/mol. The van der Waals surface area contributed by atoms with Crippen molar-refractivity contribution in [3.05, 3.63) is 63.4 Å². The number of halogens is 2. The topological polar surface area (TPSA) is 21.3 Å². The summed E-state index contributed by atoms with van der Waals surface area (Å²) in [6, 6.07) is 11.1. The molecule has 0 spiro atoms. The van der Waals surface area contributed by atoms with Gasteiger partial charge in [-0.3, -0.25) is 0 Å². The second-order valence-electron chi connectivity index (χ2n) is 4.62. The summed E-state index contributed by atoms with van der Waals surface area (Å²) < 4.78 is 19.1. The first kappa shape index (κ1) is 15.0. The maximum atomic E-state index is 13.4. The molecule has 0 aliphatic heterocycles. The Hall–Kier alpha value is -1.39. The number of rotatable bonds is 4. The highest BCUT2D eigenvalue weighted by molar-refractivity contribution is 9.10. The van der Waals surface area contributed by atoms with Crippen LogP contribution < -0.4 is 10.1 Å². The molecule has 0 bridgehead atoms. The van der Waals surface area contributed by atoms with Crippen LogP contribution in [0.1, 0.15) is 22.7 Å². The summed E-state index contributed by atoms with van der Waals surface area (Å²) in [5.41, 5.74) is 3.28. The lowest BCUT2D eigenvalue weighted by atomic mass is 9.95. The zero-order chi connectivity index (χ0) is 14.7.